The largest absolute Gasteiger partial charge is 0.484 e. The van der Waals surface area contributed by atoms with Crippen LogP contribution in [0.15, 0.2) is 23.6 Å². The maximum atomic E-state index is 13.3. The molecule has 2 aromatic rings. The average molecular weight is 284 g/mol. The van der Waals surface area contributed by atoms with Gasteiger partial charge in [0.15, 0.2) is 11.6 Å². The SMILES string of the molecule is CCNCc1nc(COc2cccc(F)c2F)cs1. The van der Waals surface area contributed by atoms with E-state index in [2.05, 4.69) is 10.3 Å². The van der Waals surface area contributed by atoms with Crippen LogP contribution < -0.4 is 10.1 Å². The molecule has 6 heteroatoms. The molecule has 0 bridgehead atoms. The predicted octanol–water partition coefficient (Wildman–Crippen LogP) is 3.11. The molecular weight excluding hydrogens is 270 g/mol. The van der Waals surface area contributed by atoms with E-state index in [0.29, 0.717) is 12.2 Å². The van der Waals surface area contributed by atoms with Gasteiger partial charge in [-0.3, -0.25) is 0 Å². The van der Waals surface area contributed by atoms with Crippen LogP contribution in [0.1, 0.15) is 17.6 Å². The average Bonchev–Trinajstić information content (AvgIpc) is 2.86. The Hall–Kier alpha value is -1.53. The molecule has 0 amide bonds. The van der Waals surface area contributed by atoms with Crippen LogP contribution in [0.25, 0.3) is 0 Å². The summed E-state index contributed by atoms with van der Waals surface area (Å²) in [6.45, 7) is 3.72. The van der Waals surface area contributed by atoms with Crippen molar-refractivity contribution >= 4 is 11.3 Å². The monoisotopic (exact) mass is 284 g/mol. The number of nitrogens with zero attached hydrogens (tertiary/aromatic N) is 1. The minimum Gasteiger partial charge on any atom is -0.484 e. The molecule has 1 heterocycles. The molecule has 19 heavy (non-hydrogen) atoms. The molecule has 0 atom stereocenters. The van der Waals surface area contributed by atoms with E-state index < -0.39 is 11.6 Å². The molecule has 0 saturated heterocycles. The molecule has 1 aromatic heterocycles. The lowest BCUT2D eigenvalue weighted by molar-refractivity contribution is 0.281. The standard InChI is InChI=1S/C13H14F2N2OS/c1-2-16-6-12-17-9(8-19-12)7-18-11-5-3-4-10(14)13(11)15/h3-5,8,16H,2,6-7H2,1H3. The van der Waals surface area contributed by atoms with Crippen molar-refractivity contribution in [3.8, 4) is 5.75 Å². The normalized spacial score (nSPS) is 10.7. The zero-order valence-corrected chi connectivity index (χ0v) is 11.3. The summed E-state index contributed by atoms with van der Waals surface area (Å²) in [5.74, 6) is -1.98. The van der Waals surface area contributed by atoms with Crippen molar-refractivity contribution in [3.05, 3.63) is 45.9 Å². The number of thiazole rings is 1. The van der Waals surface area contributed by atoms with E-state index in [-0.39, 0.29) is 12.4 Å². The van der Waals surface area contributed by atoms with Crippen LogP contribution in [-0.2, 0) is 13.2 Å². The van der Waals surface area contributed by atoms with Gasteiger partial charge >= 0.3 is 0 Å². The van der Waals surface area contributed by atoms with Gasteiger partial charge in [-0.05, 0) is 18.7 Å². The summed E-state index contributed by atoms with van der Waals surface area (Å²) in [5.41, 5.74) is 0.710. The lowest BCUT2D eigenvalue weighted by atomic mass is 10.3. The highest BCUT2D eigenvalue weighted by atomic mass is 32.1. The number of hydrogen-bond donors (Lipinski definition) is 1. The number of halogens is 2. The van der Waals surface area contributed by atoms with Gasteiger partial charge in [0, 0.05) is 11.9 Å². The van der Waals surface area contributed by atoms with Gasteiger partial charge in [0.2, 0.25) is 5.82 Å². The number of aromatic nitrogens is 1. The van der Waals surface area contributed by atoms with Gasteiger partial charge in [0.25, 0.3) is 0 Å². The molecule has 0 radical (unpaired) electrons. The molecule has 0 saturated carbocycles. The third-order valence-electron chi connectivity index (χ3n) is 2.42. The Bertz CT molecular complexity index is 545. The number of hydrogen-bond acceptors (Lipinski definition) is 4. The quantitative estimate of drug-likeness (QED) is 0.885. The van der Waals surface area contributed by atoms with Crippen LogP contribution in [0.4, 0.5) is 8.78 Å². The van der Waals surface area contributed by atoms with Gasteiger partial charge in [-0.15, -0.1) is 11.3 Å². The third-order valence-corrected chi connectivity index (χ3v) is 3.31. The van der Waals surface area contributed by atoms with E-state index in [1.54, 1.807) is 0 Å². The molecule has 3 nitrogen and oxygen atoms in total. The highest BCUT2D eigenvalue weighted by Gasteiger charge is 2.09. The summed E-state index contributed by atoms with van der Waals surface area (Å²) < 4.78 is 31.6. The first kappa shape index (κ1) is 13.9. The van der Waals surface area contributed by atoms with Crippen molar-refractivity contribution in [2.24, 2.45) is 0 Å². The first-order valence-electron chi connectivity index (χ1n) is 5.91. The highest BCUT2D eigenvalue weighted by molar-refractivity contribution is 7.09. The molecule has 1 aromatic carbocycles. The van der Waals surface area contributed by atoms with Crippen molar-refractivity contribution in [2.45, 2.75) is 20.1 Å². The molecule has 0 unspecified atom stereocenters. The van der Waals surface area contributed by atoms with Crippen molar-refractivity contribution in [3.63, 3.8) is 0 Å². The topological polar surface area (TPSA) is 34.2 Å². The summed E-state index contributed by atoms with van der Waals surface area (Å²) in [7, 11) is 0. The van der Waals surface area contributed by atoms with Crippen molar-refractivity contribution in [1.29, 1.82) is 0 Å². The number of nitrogens with one attached hydrogen (secondary N) is 1. The number of ether oxygens (including phenoxy) is 1. The van der Waals surface area contributed by atoms with Gasteiger partial charge in [0.1, 0.15) is 11.6 Å². The summed E-state index contributed by atoms with van der Waals surface area (Å²) in [6, 6.07) is 3.86. The highest BCUT2D eigenvalue weighted by Crippen LogP contribution is 2.20. The Kier molecular flexibility index (Phi) is 4.81. The fourth-order valence-corrected chi connectivity index (χ4v) is 2.22. The minimum absolute atomic E-state index is 0.0961. The summed E-state index contributed by atoms with van der Waals surface area (Å²) in [4.78, 5) is 4.33. The summed E-state index contributed by atoms with van der Waals surface area (Å²) >= 11 is 1.51. The molecular formula is C13H14F2N2OS. The summed E-state index contributed by atoms with van der Waals surface area (Å²) in [5, 5.41) is 5.96. The number of benzene rings is 1. The molecule has 0 aliphatic carbocycles. The Balaban J connectivity index is 1.95. The van der Waals surface area contributed by atoms with Crippen LogP contribution in [0.2, 0.25) is 0 Å². The first-order chi connectivity index (χ1) is 9.20. The smallest absolute Gasteiger partial charge is 0.200 e. The number of rotatable bonds is 6. The maximum Gasteiger partial charge on any atom is 0.200 e. The van der Waals surface area contributed by atoms with E-state index in [4.69, 9.17) is 4.74 Å². The van der Waals surface area contributed by atoms with E-state index in [1.807, 2.05) is 12.3 Å². The molecule has 0 spiro atoms. The second kappa shape index (κ2) is 6.58. The van der Waals surface area contributed by atoms with Crippen molar-refractivity contribution in [2.75, 3.05) is 6.54 Å². The second-order valence-corrected chi connectivity index (χ2v) is 4.80. The molecule has 2 rings (SSSR count). The molecule has 0 aliphatic rings. The van der Waals surface area contributed by atoms with Crippen molar-refractivity contribution < 1.29 is 13.5 Å². The van der Waals surface area contributed by atoms with Gasteiger partial charge in [-0.25, -0.2) is 9.37 Å². The van der Waals surface area contributed by atoms with Crippen molar-refractivity contribution in [1.82, 2.24) is 10.3 Å². The van der Waals surface area contributed by atoms with Crippen LogP contribution in [-0.4, -0.2) is 11.5 Å². The zero-order valence-electron chi connectivity index (χ0n) is 10.5. The van der Waals surface area contributed by atoms with Gasteiger partial charge in [0.05, 0.1) is 5.69 Å². The van der Waals surface area contributed by atoms with Crippen LogP contribution >= 0.6 is 11.3 Å². The Morgan fingerprint density at radius 2 is 2.21 bits per heavy atom. The zero-order chi connectivity index (χ0) is 13.7. The van der Waals surface area contributed by atoms with E-state index in [1.165, 1.54) is 23.5 Å². The lowest BCUT2D eigenvalue weighted by Gasteiger charge is -2.05. The summed E-state index contributed by atoms with van der Waals surface area (Å²) in [6.07, 6.45) is 0. The van der Waals surface area contributed by atoms with Crippen LogP contribution in [0.5, 0.6) is 5.75 Å². The van der Waals surface area contributed by atoms with E-state index >= 15 is 0 Å². The Morgan fingerprint density at radius 3 is 3.00 bits per heavy atom. The fourth-order valence-electron chi connectivity index (χ4n) is 1.48. The lowest BCUT2D eigenvalue weighted by Crippen LogP contribution is -2.11. The fraction of sp³-hybridized carbons (Fsp3) is 0.308. The molecule has 1 N–H and O–H groups in total. The van der Waals surface area contributed by atoms with E-state index in [9.17, 15) is 8.78 Å². The predicted molar refractivity (Wildman–Crippen MR) is 70.2 cm³/mol. The Morgan fingerprint density at radius 1 is 1.37 bits per heavy atom. The second-order valence-electron chi connectivity index (χ2n) is 3.85. The van der Waals surface area contributed by atoms with Gasteiger partial charge in [-0.2, -0.15) is 4.39 Å². The van der Waals surface area contributed by atoms with E-state index in [0.717, 1.165) is 17.6 Å². The first-order valence-corrected chi connectivity index (χ1v) is 6.79. The van der Waals surface area contributed by atoms with Crippen LogP contribution in [0, 0.1) is 11.6 Å². The molecule has 102 valence electrons. The maximum absolute atomic E-state index is 13.3. The van der Waals surface area contributed by atoms with Gasteiger partial charge < -0.3 is 10.1 Å². The third kappa shape index (κ3) is 3.71. The molecule has 0 fully saturated rings. The minimum atomic E-state index is -0.967. The van der Waals surface area contributed by atoms with Gasteiger partial charge in [-0.1, -0.05) is 13.0 Å². The Labute approximate surface area is 114 Å². The molecule has 0 aliphatic heterocycles. The van der Waals surface area contributed by atoms with Crippen LogP contribution in [0.3, 0.4) is 0 Å².